The molecule has 0 fully saturated rings. The molecule has 2 rings (SSSR count). The van der Waals surface area contributed by atoms with E-state index in [-0.39, 0.29) is 40.9 Å². The Balaban J connectivity index is 2.66. The van der Waals surface area contributed by atoms with Crippen LogP contribution in [0.4, 0.5) is 0 Å². The molecule has 6 nitrogen and oxygen atoms in total. The lowest BCUT2D eigenvalue weighted by Crippen LogP contribution is -2.11. The number of carboxylic acid groups (broad SMARTS) is 1. The van der Waals surface area contributed by atoms with Crippen LogP contribution in [-0.2, 0) is 11.2 Å². The first kappa shape index (κ1) is 12.6. The van der Waals surface area contributed by atoms with Crippen LogP contribution in [0.5, 0.6) is 5.75 Å². The van der Waals surface area contributed by atoms with Crippen molar-refractivity contribution >= 4 is 16.9 Å². The molecule has 0 aliphatic carbocycles. The number of phenols is 1. The lowest BCUT2D eigenvalue weighted by Gasteiger charge is -2.04. The van der Waals surface area contributed by atoms with E-state index in [0.717, 1.165) is 0 Å². The zero-order valence-electron chi connectivity index (χ0n) is 9.71. The van der Waals surface area contributed by atoms with E-state index in [1.807, 2.05) is 0 Å². The normalized spacial score (nSPS) is 10.3. The van der Waals surface area contributed by atoms with Crippen molar-refractivity contribution in [2.45, 2.75) is 12.8 Å². The number of aryl methyl sites for hydroxylation is 1. The highest BCUT2D eigenvalue weighted by Crippen LogP contribution is 2.21. The smallest absolute Gasteiger partial charge is 0.303 e. The Kier molecular flexibility index (Phi) is 3.21. The third-order valence-corrected chi connectivity index (χ3v) is 2.63. The summed E-state index contributed by atoms with van der Waals surface area (Å²) in [4.78, 5) is 22.6. The summed E-state index contributed by atoms with van der Waals surface area (Å²) in [6.07, 6.45) is -0.305. The Hall–Kier alpha value is -2.81. The molecule has 1 aromatic heterocycles. The fourth-order valence-corrected chi connectivity index (χ4v) is 1.74. The summed E-state index contributed by atoms with van der Waals surface area (Å²) in [5.74, 6) is -1.11. The summed E-state index contributed by atoms with van der Waals surface area (Å²) in [5, 5.41) is 27.1. The number of carboxylic acids is 1. The van der Waals surface area contributed by atoms with Crippen molar-refractivity contribution in [2.24, 2.45) is 0 Å². The molecule has 2 aromatic rings. The van der Waals surface area contributed by atoms with Gasteiger partial charge in [-0.25, -0.2) is 0 Å². The second kappa shape index (κ2) is 4.82. The van der Waals surface area contributed by atoms with E-state index in [9.17, 15) is 14.7 Å². The molecule has 0 amide bonds. The van der Waals surface area contributed by atoms with Crippen molar-refractivity contribution in [3.05, 3.63) is 39.7 Å². The van der Waals surface area contributed by atoms with E-state index in [0.29, 0.717) is 0 Å². The van der Waals surface area contributed by atoms with Crippen LogP contribution < -0.4 is 5.43 Å². The van der Waals surface area contributed by atoms with E-state index < -0.39 is 11.4 Å². The first-order chi connectivity index (χ1) is 9.02. The van der Waals surface area contributed by atoms with Gasteiger partial charge in [-0.05, 0) is 12.1 Å². The molecule has 2 N–H and O–H groups in total. The van der Waals surface area contributed by atoms with E-state index in [4.69, 9.17) is 14.8 Å². The van der Waals surface area contributed by atoms with Crippen LogP contribution >= 0.6 is 0 Å². The lowest BCUT2D eigenvalue weighted by atomic mass is 10.1. The molecule has 0 radical (unpaired) electrons. The average molecular weight is 259 g/mol. The number of fused-ring (bicyclic) bond motifs is 1. The number of hydrogen-bond donors (Lipinski definition) is 2. The zero-order valence-corrected chi connectivity index (χ0v) is 9.71. The van der Waals surface area contributed by atoms with Crippen molar-refractivity contribution in [3.63, 3.8) is 0 Å². The van der Waals surface area contributed by atoms with Crippen molar-refractivity contribution in [2.75, 3.05) is 0 Å². The van der Waals surface area contributed by atoms with Gasteiger partial charge in [-0.3, -0.25) is 9.59 Å². The van der Waals surface area contributed by atoms with Crippen LogP contribution in [0, 0.1) is 11.3 Å². The number of phenolic OH excluding ortho intramolecular Hbond substituents is 1. The standard InChI is InChI=1S/C13H9NO5/c14-6-9-10(3-4-12(16)17)19-11-5-7(15)1-2-8(11)13(9)18/h1-2,5,15H,3-4H2,(H,16,17). The predicted octanol–water partition coefficient (Wildman–Crippen LogP) is 1.39. The minimum absolute atomic E-state index is 0.0213. The SMILES string of the molecule is N#Cc1c(CCC(=O)O)oc2cc(O)ccc2c1=O. The largest absolute Gasteiger partial charge is 0.508 e. The van der Waals surface area contributed by atoms with Crippen LogP contribution in [0.3, 0.4) is 0 Å². The van der Waals surface area contributed by atoms with Gasteiger partial charge in [0, 0.05) is 12.5 Å². The van der Waals surface area contributed by atoms with Gasteiger partial charge in [0.1, 0.15) is 28.7 Å². The van der Waals surface area contributed by atoms with Gasteiger partial charge in [0.15, 0.2) is 0 Å². The number of nitriles is 1. The minimum atomic E-state index is -1.05. The van der Waals surface area contributed by atoms with E-state index in [1.165, 1.54) is 18.2 Å². The fraction of sp³-hybridized carbons (Fsp3) is 0.154. The summed E-state index contributed by atoms with van der Waals surface area (Å²) in [6.45, 7) is 0. The molecule has 6 heteroatoms. The molecule has 0 spiro atoms. The topological polar surface area (TPSA) is 112 Å². The Morgan fingerprint density at radius 3 is 2.79 bits per heavy atom. The van der Waals surface area contributed by atoms with Crippen LogP contribution in [-0.4, -0.2) is 16.2 Å². The van der Waals surface area contributed by atoms with Crippen LogP contribution in [0.25, 0.3) is 11.0 Å². The molecule has 0 saturated heterocycles. The molecular weight excluding hydrogens is 250 g/mol. The average Bonchev–Trinajstić information content (AvgIpc) is 2.36. The molecule has 0 atom stereocenters. The van der Waals surface area contributed by atoms with Crippen LogP contribution in [0.15, 0.2) is 27.4 Å². The summed E-state index contributed by atoms with van der Waals surface area (Å²) < 4.78 is 5.35. The van der Waals surface area contributed by atoms with Gasteiger partial charge in [0.05, 0.1) is 11.8 Å². The third-order valence-electron chi connectivity index (χ3n) is 2.63. The number of nitrogens with zero attached hydrogens (tertiary/aromatic N) is 1. The van der Waals surface area contributed by atoms with E-state index >= 15 is 0 Å². The quantitative estimate of drug-likeness (QED) is 0.861. The first-order valence-corrected chi connectivity index (χ1v) is 5.43. The molecule has 96 valence electrons. The first-order valence-electron chi connectivity index (χ1n) is 5.43. The summed E-state index contributed by atoms with van der Waals surface area (Å²) >= 11 is 0. The van der Waals surface area contributed by atoms with Gasteiger partial charge < -0.3 is 14.6 Å². The second-order valence-electron chi connectivity index (χ2n) is 3.92. The number of benzene rings is 1. The van der Waals surface area contributed by atoms with E-state index in [1.54, 1.807) is 6.07 Å². The van der Waals surface area contributed by atoms with Crippen LogP contribution in [0.1, 0.15) is 17.7 Å². The van der Waals surface area contributed by atoms with Gasteiger partial charge in [-0.15, -0.1) is 0 Å². The maximum absolute atomic E-state index is 12.0. The molecule has 1 aromatic carbocycles. The maximum Gasteiger partial charge on any atom is 0.303 e. The Morgan fingerprint density at radius 2 is 2.16 bits per heavy atom. The number of aromatic hydroxyl groups is 1. The molecule has 19 heavy (non-hydrogen) atoms. The molecule has 0 aliphatic rings. The minimum Gasteiger partial charge on any atom is -0.508 e. The summed E-state index contributed by atoms with van der Waals surface area (Å²) in [7, 11) is 0. The number of carbonyl (C=O) groups is 1. The van der Waals surface area contributed by atoms with Gasteiger partial charge in [-0.2, -0.15) is 5.26 Å². The molecule has 0 aliphatic heterocycles. The Bertz CT molecular complexity index is 754. The van der Waals surface area contributed by atoms with Crippen molar-refractivity contribution < 1.29 is 19.4 Å². The molecule has 0 unspecified atom stereocenters. The Labute approximate surface area is 107 Å². The predicted molar refractivity (Wildman–Crippen MR) is 64.8 cm³/mol. The van der Waals surface area contributed by atoms with E-state index in [2.05, 4.69) is 0 Å². The Morgan fingerprint density at radius 1 is 1.42 bits per heavy atom. The number of rotatable bonds is 3. The van der Waals surface area contributed by atoms with Crippen molar-refractivity contribution in [1.82, 2.24) is 0 Å². The summed E-state index contributed by atoms with van der Waals surface area (Å²) in [5.41, 5.74) is -0.590. The van der Waals surface area contributed by atoms with Gasteiger partial charge in [0.2, 0.25) is 5.43 Å². The summed E-state index contributed by atoms with van der Waals surface area (Å²) in [6, 6.07) is 5.66. The zero-order chi connectivity index (χ0) is 14.0. The highest BCUT2D eigenvalue weighted by molar-refractivity contribution is 5.79. The molecule has 0 saturated carbocycles. The second-order valence-corrected chi connectivity index (χ2v) is 3.92. The van der Waals surface area contributed by atoms with Crippen molar-refractivity contribution in [1.29, 1.82) is 5.26 Å². The highest BCUT2D eigenvalue weighted by atomic mass is 16.4. The molecule has 0 bridgehead atoms. The lowest BCUT2D eigenvalue weighted by molar-refractivity contribution is -0.137. The third kappa shape index (κ3) is 2.40. The monoisotopic (exact) mass is 259 g/mol. The van der Waals surface area contributed by atoms with Gasteiger partial charge in [0.25, 0.3) is 0 Å². The molecular formula is C13H9NO5. The van der Waals surface area contributed by atoms with Crippen molar-refractivity contribution in [3.8, 4) is 11.8 Å². The number of hydrogen-bond acceptors (Lipinski definition) is 5. The maximum atomic E-state index is 12.0. The fourth-order valence-electron chi connectivity index (χ4n) is 1.74. The molecule has 1 heterocycles. The van der Waals surface area contributed by atoms with Gasteiger partial charge in [-0.1, -0.05) is 0 Å². The highest BCUT2D eigenvalue weighted by Gasteiger charge is 2.15. The van der Waals surface area contributed by atoms with Crippen LogP contribution in [0.2, 0.25) is 0 Å². The van der Waals surface area contributed by atoms with Gasteiger partial charge >= 0.3 is 5.97 Å². The number of aliphatic carboxylic acids is 1.